The van der Waals surface area contributed by atoms with Crippen LogP contribution in [0.1, 0.15) is 0 Å². The van der Waals surface area contributed by atoms with Gasteiger partial charge in [0.1, 0.15) is 11.5 Å². The highest BCUT2D eigenvalue weighted by atomic mass is 19.2. The Morgan fingerprint density at radius 3 is 2.61 bits per heavy atom. The Kier molecular flexibility index (Phi) is 6.25. The van der Waals surface area contributed by atoms with Crippen molar-refractivity contribution in [3.63, 3.8) is 0 Å². The first-order chi connectivity index (χ1) is 17.4. The highest BCUT2D eigenvalue weighted by molar-refractivity contribution is 5.90. The summed E-state index contributed by atoms with van der Waals surface area (Å²) in [7, 11) is 2.03. The number of nitrogens with one attached hydrogen (secondary N) is 1. The molecule has 0 saturated carbocycles. The van der Waals surface area contributed by atoms with Gasteiger partial charge in [0.25, 0.3) is 0 Å². The molecular formula is C24H23F2N9O. The number of nitrogen functional groups attached to an aromatic ring is 1. The summed E-state index contributed by atoms with van der Waals surface area (Å²) in [5.41, 5.74) is 8.35. The summed E-state index contributed by atoms with van der Waals surface area (Å²) < 4.78 is 29.3. The standard InChI is InChI=1S/C24H23F2N9O/c1-33-8-10-34(11-9-33)24(36)29-17-5-2-4-15(12-17)16-13-18(22(27)28-14-16)23-30-31-32-35(23)20-7-3-6-19(25)21(20)26/h2-7,12-14H,8-11H2,1H3,(H2,27,28)(H,29,36). The molecule has 3 heterocycles. The van der Waals surface area contributed by atoms with Crippen molar-refractivity contribution in [2.75, 3.05) is 44.3 Å². The van der Waals surface area contributed by atoms with E-state index in [1.54, 1.807) is 23.2 Å². The number of piperazine rings is 1. The van der Waals surface area contributed by atoms with Crippen LogP contribution >= 0.6 is 0 Å². The third-order valence-electron chi connectivity index (χ3n) is 6.03. The molecule has 0 unspecified atom stereocenters. The predicted molar refractivity (Wildman–Crippen MR) is 130 cm³/mol. The lowest BCUT2D eigenvalue weighted by atomic mass is 10.0. The largest absolute Gasteiger partial charge is 0.383 e. The van der Waals surface area contributed by atoms with Crippen molar-refractivity contribution >= 4 is 17.5 Å². The lowest BCUT2D eigenvalue weighted by Crippen LogP contribution is -2.48. The normalized spacial score (nSPS) is 14.1. The molecule has 10 nitrogen and oxygen atoms in total. The lowest BCUT2D eigenvalue weighted by Gasteiger charge is -2.32. The molecule has 36 heavy (non-hydrogen) atoms. The van der Waals surface area contributed by atoms with Crippen molar-refractivity contribution in [2.45, 2.75) is 0 Å². The lowest BCUT2D eigenvalue weighted by molar-refractivity contribution is 0.164. The number of hydrogen-bond acceptors (Lipinski definition) is 7. The number of likely N-dealkylation sites (N-methyl/N-ethyl adjacent to an activating group) is 1. The number of tetrazole rings is 1. The van der Waals surface area contributed by atoms with E-state index in [1.165, 1.54) is 12.1 Å². The SMILES string of the molecule is CN1CCN(C(=O)Nc2cccc(-c3cnc(N)c(-c4nnnn4-c4cccc(F)c4F)c3)c2)CC1. The number of carbonyl (C=O) groups excluding carboxylic acids is 1. The van der Waals surface area contributed by atoms with Gasteiger partial charge in [-0.1, -0.05) is 18.2 Å². The van der Waals surface area contributed by atoms with Crippen LogP contribution in [0.15, 0.2) is 54.7 Å². The maximum absolute atomic E-state index is 14.4. The summed E-state index contributed by atoms with van der Waals surface area (Å²) in [6.45, 7) is 2.97. The molecule has 1 aliphatic heterocycles. The minimum atomic E-state index is -1.09. The number of rotatable bonds is 4. The van der Waals surface area contributed by atoms with Crippen LogP contribution in [-0.2, 0) is 0 Å². The molecule has 0 atom stereocenters. The van der Waals surface area contributed by atoms with Gasteiger partial charge in [-0.15, -0.1) is 5.10 Å². The van der Waals surface area contributed by atoms with E-state index in [1.807, 2.05) is 25.2 Å². The molecule has 5 rings (SSSR count). The van der Waals surface area contributed by atoms with Crippen molar-refractivity contribution in [1.82, 2.24) is 35.0 Å². The smallest absolute Gasteiger partial charge is 0.321 e. The summed E-state index contributed by atoms with van der Waals surface area (Å²) in [6.07, 6.45) is 1.58. The van der Waals surface area contributed by atoms with E-state index in [-0.39, 0.29) is 23.4 Å². The predicted octanol–water partition coefficient (Wildman–Crippen LogP) is 3.03. The number of benzene rings is 2. The van der Waals surface area contributed by atoms with E-state index in [0.29, 0.717) is 29.9 Å². The van der Waals surface area contributed by atoms with Gasteiger partial charge >= 0.3 is 6.03 Å². The fraction of sp³-hybridized carbons (Fsp3) is 0.208. The number of anilines is 2. The minimum Gasteiger partial charge on any atom is -0.383 e. The Labute approximate surface area is 205 Å². The molecule has 2 amide bonds. The van der Waals surface area contributed by atoms with E-state index in [2.05, 4.69) is 30.7 Å². The van der Waals surface area contributed by atoms with Crippen molar-refractivity contribution in [2.24, 2.45) is 0 Å². The van der Waals surface area contributed by atoms with Crippen molar-refractivity contribution in [1.29, 1.82) is 0 Å². The monoisotopic (exact) mass is 491 g/mol. The Balaban J connectivity index is 1.44. The molecule has 2 aromatic heterocycles. The maximum atomic E-state index is 14.4. The second-order valence-electron chi connectivity index (χ2n) is 8.45. The number of aromatic nitrogens is 5. The van der Waals surface area contributed by atoms with Gasteiger partial charge in [0, 0.05) is 43.6 Å². The summed E-state index contributed by atoms with van der Waals surface area (Å²) >= 11 is 0. The number of carbonyl (C=O) groups is 1. The van der Waals surface area contributed by atoms with Gasteiger partial charge in [0.05, 0.1) is 5.56 Å². The number of nitrogens with zero attached hydrogens (tertiary/aromatic N) is 7. The van der Waals surface area contributed by atoms with E-state index >= 15 is 0 Å². The first kappa shape index (κ1) is 23.3. The third kappa shape index (κ3) is 4.58. The maximum Gasteiger partial charge on any atom is 0.321 e. The van der Waals surface area contributed by atoms with Crippen LogP contribution in [0.25, 0.3) is 28.2 Å². The number of pyridine rings is 1. The van der Waals surface area contributed by atoms with Crippen molar-refractivity contribution in [3.8, 4) is 28.2 Å². The molecule has 4 aromatic rings. The van der Waals surface area contributed by atoms with Crippen LogP contribution in [0.2, 0.25) is 0 Å². The van der Waals surface area contributed by atoms with Crippen LogP contribution < -0.4 is 11.1 Å². The zero-order chi connectivity index (χ0) is 25.2. The molecule has 1 saturated heterocycles. The summed E-state index contributed by atoms with van der Waals surface area (Å²) in [5, 5.41) is 14.3. The highest BCUT2D eigenvalue weighted by Gasteiger charge is 2.21. The van der Waals surface area contributed by atoms with E-state index in [4.69, 9.17) is 5.73 Å². The van der Waals surface area contributed by atoms with E-state index < -0.39 is 11.6 Å². The van der Waals surface area contributed by atoms with Crippen molar-refractivity contribution < 1.29 is 13.6 Å². The number of halogens is 2. The number of hydrogen-bond donors (Lipinski definition) is 2. The average Bonchev–Trinajstić information content (AvgIpc) is 3.36. The Morgan fingerprint density at radius 2 is 1.81 bits per heavy atom. The Morgan fingerprint density at radius 1 is 1.03 bits per heavy atom. The second-order valence-corrected chi connectivity index (χ2v) is 8.45. The molecule has 1 aliphatic rings. The van der Waals surface area contributed by atoms with Gasteiger partial charge in [-0.05, 0) is 53.4 Å². The number of nitrogens with two attached hydrogens (primary N) is 1. The number of urea groups is 1. The van der Waals surface area contributed by atoms with Crippen molar-refractivity contribution in [3.05, 3.63) is 66.4 Å². The van der Waals surface area contributed by atoms with E-state index in [0.717, 1.165) is 29.4 Å². The van der Waals surface area contributed by atoms with E-state index in [9.17, 15) is 13.6 Å². The first-order valence-electron chi connectivity index (χ1n) is 11.2. The van der Waals surface area contributed by atoms with Crippen LogP contribution in [0.3, 0.4) is 0 Å². The molecule has 3 N–H and O–H groups in total. The van der Waals surface area contributed by atoms with Crippen LogP contribution in [0.4, 0.5) is 25.1 Å². The second kappa shape index (κ2) is 9.66. The highest BCUT2D eigenvalue weighted by Crippen LogP contribution is 2.31. The molecule has 184 valence electrons. The molecule has 0 aliphatic carbocycles. The topological polar surface area (TPSA) is 118 Å². The minimum absolute atomic E-state index is 0.103. The summed E-state index contributed by atoms with van der Waals surface area (Å²) in [5.74, 6) is -1.89. The van der Waals surface area contributed by atoms with Gasteiger partial charge in [-0.25, -0.2) is 18.6 Å². The zero-order valence-electron chi connectivity index (χ0n) is 19.4. The van der Waals surface area contributed by atoms with Gasteiger partial charge in [0.15, 0.2) is 17.5 Å². The molecule has 1 fully saturated rings. The summed E-state index contributed by atoms with van der Waals surface area (Å²) in [4.78, 5) is 20.9. The van der Waals surface area contributed by atoms with Crippen LogP contribution in [0, 0.1) is 11.6 Å². The third-order valence-corrected chi connectivity index (χ3v) is 6.03. The summed E-state index contributed by atoms with van der Waals surface area (Å²) in [6, 6.07) is 12.6. The average molecular weight is 492 g/mol. The molecule has 0 radical (unpaired) electrons. The van der Waals surface area contributed by atoms with Gasteiger partial charge < -0.3 is 20.9 Å². The van der Waals surface area contributed by atoms with Gasteiger partial charge in [-0.2, -0.15) is 4.68 Å². The Bertz CT molecular complexity index is 1420. The fourth-order valence-corrected chi connectivity index (χ4v) is 3.97. The Hall–Kier alpha value is -4.45. The van der Waals surface area contributed by atoms with Gasteiger partial charge in [-0.3, -0.25) is 0 Å². The first-order valence-corrected chi connectivity index (χ1v) is 11.2. The number of amides is 2. The van der Waals surface area contributed by atoms with Gasteiger partial charge in [0.2, 0.25) is 0 Å². The molecule has 0 spiro atoms. The van der Waals surface area contributed by atoms with Crippen LogP contribution in [0.5, 0.6) is 0 Å². The van der Waals surface area contributed by atoms with Crippen LogP contribution in [-0.4, -0.2) is 74.2 Å². The molecule has 0 bridgehead atoms. The molecular weight excluding hydrogens is 468 g/mol. The quantitative estimate of drug-likeness (QED) is 0.451. The fourth-order valence-electron chi connectivity index (χ4n) is 3.97. The molecule has 2 aromatic carbocycles. The zero-order valence-corrected chi connectivity index (χ0v) is 19.4. The molecule has 12 heteroatoms.